The number of carbonyl (C=O) groups is 3. The molecule has 0 saturated carbocycles. The number of benzene rings is 2. The Kier molecular flexibility index (Phi) is 7.50. The highest BCUT2D eigenvalue weighted by molar-refractivity contribution is 5.84. The maximum absolute atomic E-state index is 12.9. The average Bonchev–Trinajstić information content (AvgIpc) is 2.97. The Bertz CT molecular complexity index is 1010. The van der Waals surface area contributed by atoms with Crippen LogP contribution in [0.1, 0.15) is 62.5 Å². The maximum Gasteiger partial charge on any atom is 0.407 e. The molecule has 2 aliphatic rings. The van der Waals surface area contributed by atoms with Crippen LogP contribution in [-0.4, -0.2) is 53.2 Å². The van der Waals surface area contributed by atoms with Crippen LogP contribution in [0.15, 0.2) is 48.5 Å². The molecule has 1 fully saturated rings. The van der Waals surface area contributed by atoms with Crippen molar-refractivity contribution in [2.75, 3.05) is 13.2 Å². The average molecular weight is 465 g/mol. The van der Waals surface area contributed by atoms with Crippen molar-refractivity contribution in [3.05, 3.63) is 59.7 Å². The van der Waals surface area contributed by atoms with Crippen LogP contribution in [0.25, 0.3) is 11.1 Å². The Morgan fingerprint density at radius 1 is 1.03 bits per heavy atom. The molecule has 2 aromatic carbocycles. The molecule has 0 aromatic heterocycles. The van der Waals surface area contributed by atoms with Gasteiger partial charge >= 0.3 is 12.1 Å². The molecular formula is C27H32N2O5. The second-order valence-corrected chi connectivity index (χ2v) is 9.07. The summed E-state index contributed by atoms with van der Waals surface area (Å²) in [7, 11) is 0. The minimum absolute atomic E-state index is 0.0340. The largest absolute Gasteiger partial charge is 0.480 e. The Morgan fingerprint density at radius 2 is 1.68 bits per heavy atom. The first-order chi connectivity index (χ1) is 16.5. The number of alkyl carbamates (subject to hydrolysis) is 1. The predicted octanol–water partition coefficient (Wildman–Crippen LogP) is 4.55. The fourth-order valence-electron chi connectivity index (χ4n) is 5.10. The number of carboxylic acid groups (broad SMARTS) is 1. The Morgan fingerprint density at radius 3 is 2.29 bits per heavy atom. The first-order valence-corrected chi connectivity index (χ1v) is 12.1. The van der Waals surface area contributed by atoms with Gasteiger partial charge in [0.1, 0.15) is 12.6 Å². The van der Waals surface area contributed by atoms with Gasteiger partial charge in [0.05, 0.1) is 0 Å². The highest BCUT2D eigenvalue weighted by atomic mass is 16.5. The molecular weight excluding hydrogens is 432 g/mol. The SMILES string of the molecule is CCC(CC(=O)N1CCCCCC1C(=O)O)NC(=O)OCC1c2ccccc2-c2ccccc21. The van der Waals surface area contributed by atoms with Crippen LogP contribution in [-0.2, 0) is 14.3 Å². The normalized spacial score (nSPS) is 18.4. The fourth-order valence-corrected chi connectivity index (χ4v) is 5.10. The summed E-state index contributed by atoms with van der Waals surface area (Å²) in [5, 5.41) is 12.4. The van der Waals surface area contributed by atoms with Gasteiger partial charge in [-0.2, -0.15) is 0 Å². The van der Waals surface area contributed by atoms with E-state index in [9.17, 15) is 19.5 Å². The molecule has 2 unspecified atom stereocenters. The van der Waals surface area contributed by atoms with Crippen LogP contribution in [0.5, 0.6) is 0 Å². The highest BCUT2D eigenvalue weighted by Gasteiger charge is 2.32. The molecule has 0 radical (unpaired) electrons. The molecule has 0 spiro atoms. The molecule has 2 atom stereocenters. The lowest BCUT2D eigenvalue weighted by Gasteiger charge is -2.28. The number of hydrogen-bond donors (Lipinski definition) is 2. The minimum atomic E-state index is -0.965. The summed E-state index contributed by atoms with van der Waals surface area (Å²) < 4.78 is 5.61. The minimum Gasteiger partial charge on any atom is -0.480 e. The van der Waals surface area contributed by atoms with E-state index >= 15 is 0 Å². The molecule has 7 nitrogen and oxygen atoms in total. The zero-order valence-corrected chi connectivity index (χ0v) is 19.5. The third-order valence-corrected chi connectivity index (χ3v) is 6.94. The summed E-state index contributed by atoms with van der Waals surface area (Å²) in [6.07, 6.45) is 3.03. The summed E-state index contributed by atoms with van der Waals surface area (Å²) >= 11 is 0. The molecule has 1 heterocycles. The summed E-state index contributed by atoms with van der Waals surface area (Å²) in [5.41, 5.74) is 4.60. The Labute approximate surface area is 200 Å². The third kappa shape index (κ3) is 5.08. The topological polar surface area (TPSA) is 95.9 Å². The number of fused-ring (bicyclic) bond motifs is 3. The smallest absolute Gasteiger partial charge is 0.407 e. The molecule has 2 N–H and O–H groups in total. The van der Waals surface area contributed by atoms with Crippen molar-refractivity contribution < 1.29 is 24.2 Å². The summed E-state index contributed by atoms with van der Waals surface area (Å²) in [6.45, 7) is 2.54. The number of carbonyl (C=O) groups excluding carboxylic acids is 2. The third-order valence-electron chi connectivity index (χ3n) is 6.94. The molecule has 1 aliphatic heterocycles. The summed E-state index contributed by atoms with van der Waals surface area (Å²) in [6, 6.07) is 15.1. The molecule has 1 aliphatic carbocycles. The van der Waals surface area contributed by atoms with Gasteiger partial charge in [-0.15, -0.1) is 0 Å². The Hall–Kier alpha value is -3.35. The molecule has 180 valence electrons. The van der Waals surface area contributed by atoms with Crippen molar-refractivity contribution in [3.63, 3.8) is 0 Å². The zero-order valence-electron chi connectivity index (χ0n) is 19.5. The van der Waals surface area contributed by atoms with Crippen LogP contribution in [0.4, 0.5) is 4.79 Å². The van der Waals surface area contributed by atoms with E-state index in [2.05, 4.69) is 29.6 Å². The molecule has 2 aromatic rings. The molecule has 7 heteroatoms. The van der Waals surface area contributed by atoms with Crippen LogP contribution < -0.4 is 5.32 Å². The Balaban J connectivity index is 1.36. The first-order valence-electron chi connectivity index (χ1n) is 12.1. The van der Waals surface area contributed by atoms with Crippen molar-refractivity contribution in [2.24, 2.45) is 0 Å². The maximum atomic E-state index is 12.9. The zero-order chi connectivity index (χ0) is 24.1. The summed E-state index contributed by atoms with van der Waals surface area (Å²) in [4.78, 5) is 38.7. The van der Waals surface area contributed by atoms with Gasteiger partial charge in [0.25, 0.3) is 0 Å². The van der Waals surface area contributed by atoms with Crippen molar-refractivity contribution in [1.29, 1.82) is 0 Å². The number of likely N-dealkylation sites (tertiary alicyclic amines) is 1. The predicted molar refractivity (Wildman–Crippen MR) is 129 cm³/mol. The second kappa shape index (κ2) is 10.7. The van der Waals surface area contributed by atoms with Crippen LogP contribution in [0.2, 0.25) is 0 Å². The van der Waals surface area contributed by atoms with Crippen molar-refractivity contribution >= 4 is 18.0 Å². The van der Waals surface area contributed by atoms with Crippen molar-refractivity contribution in [3.8, 4) is 11.1 Å². The number of amides is 2. The number of carboxylic acids is 1. The second-order valence-electron chi connectivity index (χ2n) is 9.07. The van der Waals surface area contributed by atoms with Gasteiger partial charge < -0.3 is 20.1 Å². The van der Waals surface area contributed by atoms with Crippen molar-refractivity contribution in [1.82, 2.24) is 10.2 Å². The summed E-state index contributed by atoms with van der Waals surface area (Å²) in [5.74, 6) is -1.24. The van der Waals surface area contributed by atoms with E-state index in [1.165, 1.54) is 4.90 Å². The van der Waals surface area contributed by atoms with E-state index in [-0.39, 0.29) is 24.9 Å². The van der Waals surface area contributed by atoms with Gasteiger partial charge in [0.15, 0.2) is 0 Å². The molecule has 1 saturated heterocycles. The van der Waals surface area contributed by atoms with Gasteiger partial charge in [0, 0.05) is 24.9 Å². The van der Waals surface area contributed by atoms with Crippen molar-refractivity contribution in [2.45, 2.75) is 63.5 Å². The lowest BCUT2D eigenvalue weighted by atomic mass is 9.98. The number of rotatable bonds is 7. The number of aliphatic carboxylic acids is 1. The molecule has 0 bridgehead atoms. The van der Waals surface area contributed by atoms with E-state index in [0.29, 0.717) is 19.4 Å². The number of nitrogens with one attached hydrogen (secondary N) is 1. The van der Waals surface area contributed by atoms with Gasteiger partial charge in [-0.25, -0.2) is 9.59 Å². The van der Waals surface area contributed by atoms with Gasteiger partial charge in [-0.1, -0.05) is 68.3 Å². The monoisotopic (exact) mass is 464 g/mol. The quantitative estimate of drug-likeness (QED) is 0.627. The van der Waals surface area contributed by atoms with E-state index < -0.39 is 24.1 Å². The highest BCUT2D eigenvalue weighted by Crippen LogP contribution is 2.44. The number of nitrogens with zero attached hydrogens (tertiary/aromatic N) is 1. The lowest BCUT2D eigenvalue weighted by Crippen LogP contribution is -2.47. The fraction of sp³-hybridized carbons (Fsp3) is 0.444. The van der Waals surface area contributed by atoms with E-state index in [1.807, 2.05) is 31.2 Å². The molecule has 2 amide bonds. The molecule has 34 heavy (non-hydrogen) atoms. The van der Waals surface area contributed by atoms with Crippen LogP contribution in [0, 0.1) is 0 Å². The van der Waals surface area contributed by atoms with E-state index in [1.54, 1.807) is 0 Å². The van der Waals surface area contributed by atoms with Crippen LogP contribution >= 0.6 is 0 Å². The first kappa shape index (κ1) is 23.8. The molecule has 4 rings (SSSR count). The van der Waals surface area contributed by atoms with Crippen LogP contribution in [0.3, 0.4) is 0 Å². The van der Waals surface area contributed by atoms with Gasteiger partial charge in [-0.3, -0.25) is 4.79 Å². The standard InChI is InChI=1S/C27H32N2O5/c1-2-18(16-25(30)29-15-9-3-4-14-24(29)26(31)32)28-27(33)34-17-23-21-12-7-5-10-19(21)20-11-6-8-13-22(20)23/h5-8,10-13,18,23-24H,2-4,9,14-17H2,1H3,(H,28,33)(H,31,32). The van der Waals surface area contributed by atoms with E-state index in [4.69, 9.17) is 4.74 Å². The van der Waals surface area contributed by atoms with E-state index in [0.717, 1.165) is 41.5 Å². The number of ether oxygens (including phenoxy) is 1. The van der Waals surface area contributed by atoms with Gasteiger partial charge in [-0.05, 0) is 41.5 Å². The number of hydrogen-bond acceptors (Lipinski definition) is 4. The lowest BCUT2D eigenvalue weighted by molar-refractivity contribution is -0.150. The van der Waals surface area contributed by atoms with Gasteiger partial charge in [0.2, 0.25) is 5.91 Å².